The first kappa shape index (κ1) is 14.2. The lowest BCUT2D eigenvalue weighted by Crippen LogP contribution is -2.17. The summed E-state index contributed by atoms with van der Waals surface area (Å²) < 4.78 is 12.8. The van der Waals surface area contributed by atoms with Crippen molar-refractivity contribution in [3.8, 4) is 22.6 Å². The molecular formula is C18H16N4O3. The van der Waals surface area contributed by atoms with Crippen LogP contribution in [0.4, 0.5) is 5.82 Å². The van der Waals surface area contributed by atoms with Crippen molar-refractivity contribution in [2.24, 2.45) is 0 Å². The lowest BCUT2D eigenvalue weighted by Gasteiger charge is -2.09. The number of ether oxygens (including phenoxy) is 2. The maximum absolute atomic E-state index is 12.7. The van der Waals surface area contributed by atoms with Gasteiger partial charge in [0.1, 0.15) is 11.5 Å². The Labute approximate surface area is 143 Å². The number of hydrogen-bond donors (Lipinski definition) is 2. The zero-order chi connectivity index (χ0) is 16.8. The second-order valence-corrected chi connectivity index (χ2v) is 6.21. The number of amides is 1. The van der Waals surface area contributed by atoms with Gasteiger partial charge in [-0.05, 0) is 42.7 Å². The summed E-state index contributed by atoms with van der Waals surface area (Å²) in [5.74, 6) is 1.83. The molecule has 1 fully saturated rings. The predicted molar refractivity (Wildman–Crippen MR) is 90.8 cm³/mol. The average molecular weight is 336 g/mol. The Bertz CT molecular complexity index is 955. The summed E-state index contributed by atoms with van der Waals surface area (Å²) in [4.78, 5) is 12.7. The van der Waals surface area contributed by atoms with Gasteiger partial charge in [-0.25, -0.2) is 0 Å². The van der Waals surface area contributed by atoms with E-state index >= 15 is 0 Å². The van der Waals surface area contributed by atoms with Gasteiger partial charge in [-0.2, -0.15) is 5.10 Å². The molecule has 2 N–H and O–H groups in total. The van der Waals surface area contributed by atoms with Crippen LogP contribution in [-0.4, -0.2) is 27.5 Å². The zero-order valence-electron chi connectivity index (χ0n) is 13.4. The highest BCUT2D eigenvalue weighted by Crippen LogP contribution is 2.38. The summed E-state index contributed by atoms with van der Waals surface area (Å²) in [6, 6.07) is 9.85. The molecule has 1 amide bonds. The molecule has 1 aliphatic carbocycles. The van der Waals surface area contributed by atoms with E-state index < -0.39 is 0 Å². The van der Waals surface area contributed by atoms with Crippen LogP contribution in [0, 0.1) is 0 Å². The standard InChI is InChI=1S/C18H16N4O3/c23-18(14-2-1-7-22(14)12-4-5-12)20-17-13(9-19-21-17)11-3-6-15-16(8-11)25-10-24-15/h1-3,6-9,12H,4-5,10H2,(H2,19,20,21,23). The number of nitrogens with one attached hydrogen (secondary N) is 2. The third-order valence-corrected chi connectivity index (χ3v) is 4.51. The van der Waals surface area contributed by atoms with Crippen molar-refractivity contribution in [3.63, 3.8) is 0 Å². The van der Waals surface area contributed by atoms with E-state index in [1.54, 1.807) is 6.20 Å². The van der Waals surface area contributed by atoms with E-state index in [0.717, 1.165) is 29.7 Å². The minimum Gasteiger partial charge on any atom is -0.454 e. The SMILES string of the molecule is O=C(Nc1[nH]ncc1-c1ccc2c(c1)OCO2)c1cccn1C1CC1. The molecule has 2 aromatic heterocycles. The van der Waals surface area contributed by atoms with Crippen molar-refractivity contribution < 1.29 is 14.3 Å². The van der Waals surface area contributed by atoms with E-state index in [0.29, 0.717) is 23.3 Å². The van der Waals surface area contributed by atoms with Gasteiger partial charge in [-0.3, -0.25) is 9.89 Å². The van der Waals surface area contributed by atoms with Gasteiger partial charge in [0, 0.05) is 17.8 Å². The molecule has 0 atom stereocenters. The lowest BCUT2D eigenvalue weighted by molar-refractivity contribution is 0.101. The van der Waals surface area contributed by atoms with Gasteiger partial charge in [0.05, 0.1) is 6.20 Å². The fourth-order valence-electron chi connectivity index (χ4n) is 3.10. The van der Waals surface area contributed by atoms with Gasteiger partial charge in [0.25, 0.3) is 5.91 Å². The molecule has 25 heavy (non-hydrogen) atoms. The lowest BCUT2D eigenvalue weighted by atomic mass is 10.1. The number of nitrogens with zero attached hydrogens (tertiary/aromatic N) is 2. The molecule has 126 valence electrons. The number of anilines is 1. The topological polar surface area (TPSA) is 81.2 Å². The molecule has 0 spiro atoms. The smallest absolute Gasteiger partial charge is 0.273 e. The van der Waals surface area contributed by atoms with Gasteiger partial charge in [-0.1, -0.05) is 6.07 Å². The Kier molecular flexibility index (Phi) is 3.06. The molecule has 3 aromatic rings. The third-order valence-electron chi connectivity index (χ3n) is 4.51. The number of aromatic amines is 1. The van der Waals surface area contributed by atoms with Crippen LogP contribution in [0.15, 0.2) is 42.7 Å². The minimum atomic E-state index is -0.150. The predicted octanol–water partition coefficient (Wildman–Crippen LogP) is 3.19. The number of fused-ring (bicyclic) bond motifs is 1. The number of benzene rings is 1. The van der Waals surface area contributed by atoms with Crippen molar-refractivity contribution in [2.75, 3.05) is 12.1 Å². The van der Waals surface area contributed by atoms with Crippen LogP contribution in [0.3, 0.4) is 0 Å². The molecule has 2 aliphatic rings. The molecule has 0 unspecified atom stereocenters. The number of H-pyrrole nitrogens is 1. The van der Waals surface area contributed by atoms with Crippen LogP contribution >= 0.6 is 0 Å². The molecule has 7 nitrogen and oxygen atoms in total. The largest absolute Gasteiger partial charge is 0.454 e. The van der Waals surface area contributed by atoms with Crippen LogP contribution in [0.2, 0.25) is 0 Å². The first-order chi connectivity index (χ1) is 12.3. The average Bonchev–Trinajstić information content (AvgIpc) is 3.06. The Morgan fingerprint density at radius 1 is 1.24 bits per heavy atom. The van der Waals surface area contributed by atoms with E-state index in [2.05, 4.69) is 15.5 Å². The molecular weight excluding hydrogens is 320 g/mol. The Hall–Kier alpha value is -3.22. The summed E-state index contributed by atoms with van der Waals surface area (Å²) >= 11 is 0. The first-order valence-corrected chi connectivity index (χ1v) is 8.21. The molecule has 1 saturated carbocycles. The summed E-state index contributed by atoms with van der Waals surface area (Å²) in [5, 5.41) is 9.88. The second-order valence-electron chi connectivity index (χ2n) is 6.21. The molecule has 0 radical (unpaired) electrons. The number of carbonyl (C=O) groups excluding carboxylic acids is 1. The Balaban J connectivity index is 1.43. The first-order valence-electron chi connectivity index (χ1n) is 8.21. The normalized spacial score (nSPS) is 15.4. The van der Waals surface area contributed by atoms with Gasteiger partial charge < -0.3 is 19.4 Å². The van der Waals surface area contributed by atoms with E-state index in [1.807, 2.05) is 41.1 Å². The highest BCUT2D eigenvalue weighted by Gasteiger charge is 2.27. The maximum Gasteiger partial charge on any atom is 0.273 e. The fraction of sp³-hybridized carbons (Fsp3) is 0.222. The molecule has 0 saturated heterocycles. The van der Waals surface area contributed by atoms with Crippen molar-refractivity contribution in [1.29, 1.82) is 0 Å². The summed E-state index contributed by atoms with van der Waals surface area (Å²) in [6.45, 7) is 0.228. The molecule has 5 rings (SSSR count). The molecule has 0 bridgehead atoms. The highest BCUT2D eigenvalue weighted by molar-refractivity contribution is 6.04. The summed E-state index contributed by atoms with van der Waals surface area (Å²) in [5.41, 5.74) is 2.36. The molecule has 7 heteroatoms. The van der Waals surface area contributed by atoms with E-state index in [1.165, 1.54) is 0 Å². The van der Waals surface area contributed by atoms with Crippen LogP contribution in [0.25, 0.3) is 11.1 Å². The summed E-state index contributed by atoms with van der Waals surface area (Å²) in [7, 11) is 0. The number of hydrogen-bond acceptors (Lipinski definition) is 4. The minimum absolute atomic E-state index is 0.150. The van der Waals surface area contributed by atoms with Crippen LogP contribution in [0.5, 0.6) is 11.5 Å². The van der Waals surface area contributed by atoms with Crippen LogP contribution in [0.1, 0.15) is 29.4 Å². The van der Waals surface area contributed by atoms with Crippen LogP contribution in [-0.2, 0) is 0 Å². The van der Waals surface area contributed by atoms with Gasteiger partial charge in [0.15, 0.2) is 11.5 Å². The monoisotopic (exact) mass is 336 g/mol. The number of aromatic nitrogens is 3. The number of carbonyl (C=O) groups is 1. The highest BCUT2D eigenvalue weighted by atomic mass is 16.7. The van der Waals surface area contributed by atoms with Crippen LogP contribution < -0.4 is 14.8 Å². The quantitative estimate of drug-likeness (QED) is 0.767. The zero-order valence-corrected chi connectivity index (χ0v) is 13.4. The van der Waals surface area contributed by atoms with E-state index in [4.69, 9.17) is 9.47 Å². The molecule has 1 aliphatic heterocycles. The molecule has 1 aromatic carbocycles. The van der Waals surface area contributed by atoms with Crippen molar-refractivity contribution >= 4 is 11.7 Å². The molecule has 3 heterocycles. The summed E-state index contributed by atoms with van der Waals surface area (Å²) in [6.07, 6.45) is 5.90. The van der Waals surface area contributed by atoms with Gasteiger partial charge in [-0.15, -0.1) is 0 Å². The Morgan fingerprint density at radius 2 is 2.12 bits per heavy atom. The van der Waals surface area contributed by atoms with Gasteiger partial charge >= 0.3 is 0 Å². The number of rotatable bonds is 4. The second kappa shape index (κ2) is 5.41. The Morgan fingerprint density at radius 3 is 3.00 bits per heavy atom. The van der Waals surface area contributed by atoms with Crippen molar-refractivity contribution in [1.82, 2.24) is 14.8 Å². The van der Waals surface area contributed by atoms with E-state index in [-0.39, 0.29) is 12.7 Å². The fourth-order valence-corrected chi connectivity index (χ4v) is 3.10. The maximum atomic E-state index is 12.7. The van der Waals surface area contributed by atoms with Crippen molar-refractivity contribution in [2.45, 2.75) is 18.9 Å². The third kappa shape index (κ3) is 2.44. The van der Waals surface area contributed by atoms with E-state index in [9.17, 15) is 4.79 Å². The van der Waals surface area contributed by atoms with Gasteiger partial charge in [0.2, 0.25) is 6.79 Å². The van der Waals surface area contributed by atoms with Crippen molar-refractivity contribution in [3.05, 3.63) is 48.4 Å².